The zero-order valence-corrected chi connectivity index (χ0v) is 9.36. The van der Waals surface area contributed by atoms with Crippen molar-refractivity contribution in [1.29, 1.82) is 0 Å². The SMILES string of the molecule is CNC1(Cc2c(Cl)ncnc2Cl)CC1. The number of likely N-dealkylation sites (N-methyl/N-ethyl adjacent to an activating group) is 1. The van der Waals surface area contributed by atoms with Crippen LogP contribution in [0.25, 0.3) is 0 Å². The van der Waals surface area contributed by atoms with E-state index in [4.69, 9.17) is 23.2 Å². The van der Waals surface area contributed by atoms with Crippen molar-refractivity contribution in [3.05, 3.63) is 22.2 Å². The molecule has 0 amide bonds. The van der Waals surface area contributed by atoms with E-state index in [0.717, 1.165) is 24.8 Å². The Balaban J connectivity index is 2.24. The fourth-order valence-corrected chi connectivity index (χ4v) is 1.97. The van der Waals surface area contributed by atoms with Crippen molar-refractivity contribution in [1.82, 2.24) is 15.3 Å². The van der Waals surface area contributed by atoms with E-state index < -0.39 is 0 Å². The third kappa shape index (κ3) is 1.85. The lowest BCUT2D eigenvalue weighted by atomic mass is 10.1. The molecule has 1 aliphatic carbocycles. The highest BCUT2D eigenvalue weighted by atomic mass is 35.5. The Labute approximate surface area is 92.8 Å². The van der Waals surface area contributed by atoms with Gasteiger partial charge >= 0.3 is 0 Å². The van der Waals surface area contributed by atoms with Crippen molar-refractivity contribution in [2.45, 2.75) is 24.8 Å². The molecule has 0 atom stereocenters. The van der Waals surface area contributed by atoms with Crippen molar-refractivity contribution >= 4 is 23.2 Å². The quantitative estimate of drug-likeness (QED) is 0.810. The van der Waals surface area contributed by atoms with Gasteiger partial charge in [0.1, 0.15) is 16.6 Å². The summed E-state index contributed by atoms with van der Waals surface area (Å²) in [4.78, 5) is 7.86. The van der Waals surface area contributed by atoms with Gasteiger partial charge in [0.2, 0.25) is 0 Å². The Bertz CT molecular complexity index is 330. The van der Waals surface area contributed by atoms with Gasteiger partial charge in [-0.25, -0.2) is 9.97 Å². The number of hydrogen-bond acceptors (Lipinski definition) is 3. The molecule has 1 fully saturated rings. The average Bonchev–Trinajstić information content (AvgIpc) is 2.93. The number of halogens is 2. The summed E-state index contributed by atoms with van der Waals surface area (Å²) >= 11 is 11.9. The second kappa shape index (κ2) is 3.65. The summed E-state index contributed by atoms with van der Waals surface area (Å²) in [5.74, 6) is 0. The largest absolute Gasteiger partial charge is 0.314 e. The standard InChI is InChI=1S/C9H11Cl2N3/c1-12-9(2-3-9)4-6-7(10)13-5-14-8(6)11/h5,12H,2-4H2,1H3. The van der Waals surface area contributed by atoms with Crippen LogP contribution >= 0.6 is 23.2 Å². The Kier molecular flexibility index (Phi) is 2.64. The topological polar surface area (TPSA) is 37.8 Å². The van der Waals surface area contributed by atoms with Crippen LogP contribution in [-0.4, -0.2) is 22.6 Å². The summed E-state index contributed by atoms with van der Waals surface area (Å²) in [5.41, 5.74) is 1.03. The van der Waals surface area contributed by atoms with Crippen LogP contribution in [0.4, 0.5) is 0 Å². The summed E-state index contributed by atoms with van der Waals surface area (Å²) in [5, 5.41) is 4.21. The van der Waals surface area contributed by atoms with Crippen LogP contribution in [0.1, 0.15) is 18.4 Å². The molecule has 14 heavy (non-hydrogen) atoms. The molecule has 0 spiro atoms. The predicted octanol–water partition coefficient (Wildman–Crippen LogP) is 2.08. The van der Waals surface area contributed by atoms with Gasteiger partial charge in [0.25, 0.3) is 0 Å². The van der Waals surface area contributed by atoms with E-state index in [1.54, 1.807) is 0 Å². The first-order valence-electron chi connectivity index (χ1n) is 4.51. The number of nitrogens with zero attached hydrogens (tertiary/aromatic N) is 2. The van der Waals surface area contributed by atoms with E-state index >= 15 is 0 Å². The second-order valence-corrected chi connectivity index (χ2v) is 4.36. The molecule has 1 N–H and O–H groups in total. The fraction of sp³-hybridized carbons (Fsp3) is 0.556. The van der Waals surface area contributed by atoms with E-state index in [0.29, 0.717) is 10.3 Å². The van der Waals surface area contributed by atoms with Gasteiger partial charge in [-0.1, -0.05) is 23.2 Å². The van der Waals surface area contributed by atoms with Crippen molar-refractivity contribution in [2.24, 2.45) is 0 Å². The normalized spacial score (nSPS) is 18.2. The Morgan fingerprint density at radius 1 is 1.36 bits per heavy atom. The van der Waals surface area contributed by atoms with Gasteiger partial charge in [-0.2, -0.15) is 0 Å². The van der Waals surface area contributed by atoms with Crippen LogP contribution in [0.5, 0.6) is 0 Å². The molecule has 2 rings (SSSR count). The lowest BCUT2D eigenvalue weighted by Gasteiger charge is -2.14. The molecule has 3 nitrogen and oxygen atoms in total. The highest BCUT2D eigenvalue weighted by molar-refractivity contribution is 6.34. The molecular formula is C9H11Cl2N3. The first-order valence-corrected chi connectivity index (χ1v) is 5.26. The van der Waals surface area contributed by atoms with Gasteiger partial charge < -0.3 is 5.32 Å². The van der Waals surface area contributed by atoms with Crippen LogP contribution in [0.2, 0.25) is 10.3 Å². The minimum absolute atomic E-state index is 0.179. The smallest absolute Gasteiger partial charge is 0.137 e. The summed E-state index contributed by atoms with van der Waals surface area (Å²) in [6.45, 7) is 0. The Morgan fingerprint density at radius 2 is 1.93 bits per heavy atom. The molecule has 1 saturated carbocycles. The Hall–Kier alpha value is -0.380. The lowest BCUT2D eigenvalue weighted by Crippen LogP contribution is -2.30. The summed E-state index contributed by atoms with van der Waals surface area (Å²) in [6.07, 6.45) is 4.51. The minimum Gasteiger partial charge on any atom is -0.314 e. The molecule has 0 radical (unpaired) electrons. The van der Waals surface area contributed by atoms with Gasteiger partial charge in [-0.3, -0.25) is 0 Å². The molecule has 1 aliphatic rings. The second-order valence-electron chi connectivity index (χ2n) is 3.64. The maximum atomic E-state index is 5.96. The molecule has 0 aromatic carbocycles. The van der Waals surface area contributed by atoms with Gasteiger partial charge in [0.05, 0.1) is 0 Å². The molecule has 0 saturated heterocycles. The molecule has 76 valence electrons. The van der Waals surface area contributed by atoms with Crippen molar-refractivity contribution in [3.8, 4) is 0 Å². The third-order valence-electron chi connectivity index (χ3n) is 2.74. The first kappa shape index (κ1) is 10.1. The van der Waals surface area contributed by atoms with E-state index in [-0.39, 0.29) is 5.54 Å². The number of aromatic nitrogens is 2. The average molecular weight is 232 g/mol. The summed E-state index contributed by atoms with van der Waals surface area (Å²) in [7, 11) is 1.96. The number of rotatable bonds is 3. The van der Waals surface area contributed by atoms with Crippen LogP contribution < -0.4 is 5.32 Å². The molecule has 0 bridgehead atoms. The molecule has 1 heterocycles. The Morgan fingerprint density at radius 3 is 2.36 bits per heavy atom. The maximum absolute atomic E-state index is 5.96. The van der Waals surface area contributed by atoms with Crippen molar-refractivity contribution in [3.63, 3.8) is 0 Å². The monoisotopic (exact) mass is 231 g/mol. The van der Waals surface area contributed by atoms with Crippen LogP contribution in [0.15, 0.2) is 6.33 Å². The molecule has 5 heteroatoms. The fourth-order valence-electron chi connectivity index (χ4n) is 1.52. The number of hydrogen-bond donors (Lipinski definition) is 1. The first-order chi connectivity index (χ1) is 6.67. The molecule has 0 aliphatic heterocycles. The zero-order chi connectivity index (χ0) is 10.2. The molecular weight excluding hydrogens is 221 g/mol. The molecule has 1 aromatic heterocycles. The van der Waals surface area contributed by atoms with Gasteiger partial charge in [-0.05, 0) is 26.3 Å². The molecule has 1 aromatic rings. The van der Waals surface area contributed by atoms with E-state index in [2.05, 4.69) is 15.3 Å². The van der Waals surface area contributed by atoms with Gasteiger partial charge in [0.15, 0.2) is 0 Å². The van der Waals surface area contributed by atoms with Crippen LogP contribution in [-0.2, 0) is 6.42 Å². The number of nitrogens with one attached hydrogen (secondary N) is 1. The van der Waals surface area contributed by atoms with Gasteiger partial charge in [0, 0.05) is 11.1 Å². The van der Waals surface area contributed by atoms with Crippen molar-refractivity contribution < 1.29 is 0 Å². The van der Waals surface area contributed by atoms with E-state index in [1.165, 1.54) is 6.33 Å². The van der Waals surface area contributed by atoms with E-state index in [9.17, 15) is 0 Å². The maximum Gasteiger partial charge on any atom is 0.137 e. The summed E-state index contributed by atoms with van der Waals surface area (Å²) < 4.78 is 0. The van der Waals surface area contributed by atoms with E-state index in [1.807, 2.05) is 7.05 Å². The highest BCUT2D eigenvalue weighted by Gasteiger charge is 2.42. The van der Waals surface area contributed by atoms with Crippen LogP contribution in [0, 0.1) is 0 Å². The van der Waals surface area contributed by atoms with Gasteiger partial charge in [-0.15, -0.1) is 0 Å². The minimum atomic E-state index is 0.179. The lowest BCUT2D eigenvalue weighted by molar-refractivity contribution is 0.547. The zero-order valence-electron chi connectivity index (χ0n) is 7.85. The van der Waals surface area contributed by atoms with Crippen molar-refractivity contribution in [2.75, 3.05) is 7.05 Å². The third-order valence-corrected chi connectivity index (χ3v) is 3.39. The van der Waals surface area contributed by atoms with Crippen LogP contribution in [0.3, 0.4) is 0 Å². The predicted molar refractivity (Wildman–Crippen MR) is 56.8 cm³/mol. The molecule has 0 unspecified atom stereocenters. The highest BCUT2D eigenvalue weighted by Crippen LogP contribution is 2.40. The summed E-state index contributed by atoms with van der Waals surface area (Å²) in [6, 6.07) is 0.